The second-order valence-electron chi connectivity index (χ2n) is 8.72. The van der Waals surface area contributed by atoms with Crippen molar-refractivity contribution >= 4 is 33.3 Å². The van der Waals surface area contributed by atoms with Crippen LogP contribution in [0.15, 0.2) is 0 Å². The Hall–Kier alpha value is -1.77. The molecule has 1 aliphatic carbocycles. The molecule has 0 unspecified atom stereocenters. The minimum atomic E-state index is -0.242. The fourth-order valence-electron chi connectivity index (χ4n) is 3.93. The number of rotatable bonds is 5. The number of carbonyl (C=O) groups excluding carboxylic acids is 1. The zero-order chi connectivity index (χ0) is 19.7. The number of ether oxygens (including phenoxy) is 1. The van der Waals surface area contributed by atoms with E-state index in [1.165, 1.54) is 21.8 Å². The van der Waals surface area contributed by atoms with Gasteiger partial charge < -0.3 is 20.3 Å². The molecule has 2 aromatic heterocycles. The molecule has 152 valence electrons. The van der Waals surface area contributed by atoms with Crippen LogP contribution in [-0.2, 0) is 28.9 Å². The summed E-state index contributed by atoms with van der Waals surface area (Å²) in [7, 11) is 0. The van der Waals surface area contributed by atoms with Crippen molar-refractivity contribution < 1.29 is 14.4 Å². The van der Waals surface area contributed by atoms with E-state index in [0.717, 1.165) is 67.5 Å². The van der Waals surface area contributed by atoms with Gasteiger partial charge in [0.15, 0.2) is 5.82 Å². The van der Waals surface area contributed by atoms with Crippen molar-refractivity contribution in [1.29, 1.82) is 0 Å². The first-order valence-electron chi connectivity index (χ1n) is 10.2. The van der Waals surface area contributed by atoms with Crippen LogP contribution in [0.1, 0.15) is 43.5 Å². The highest BCUT2D eigenvalue weighted by molar-refractivity contribution is 7.19. The maximum Gasteiger partial charge on any atom is 0.239 e. The number of hydrogen-bond donors (Lipinski definition) is 3. The third-order valence-corrected chi connectivity index (χ3v) is 6.34. The first-order valence-corrected chi connectivity index (χ1v) is 11.0. The van der Waals surface area contributed by atoms with Crippen LogP contribution in [0.5, 0.6) is 0 Å². The molecule has 4 rings (SSSR count). The molecule has 0 aromatic carbocycles. The topological polar surface area (TPSA) is 80.6 Å². The van der Waals surface area contributed by atoms with E-state index in [1.807, 2.05) is 20.8 Å². The van der Waals surface area contributed by atoms with Crippen molar-refractivity contribution in [2.24, 2.45) is 0 Å². The van der Waals surface area contributed by atoms with E-state index >= 15 is 0 Å². The lowest BCUT2D eigenvalue weighted by Gasteiger charge is -2.23. The maximum absolute atomic E-state index is 12.3. The number of amides is 1. The van der Waals surface area contributed by atoms with Gasteiger partial charge >= 0.3 is 0 Å². The van der Waals surface area contributed by atoms with Crippen LogP contribution in [-0.4, -0.2) is 54.3 Å². The van der Waals surface area contributed by atoms with E-state index in [-0.39, 0.29) is 18.0 Å². The number of anilines is 1. The molecule has 8 heteroatoms. The zero-order valence-electron chi connectivity index (χ0n) is 17.0. The molecule has 0 spiro atoms. The molecule has 0 atom stereocenters. The minimum Gasteiger partial charge on any atom is -0.370 e. The Bertz CT molecular complexity index is 868. The van der Waals surface area contributed by atoms with Gasteiger partial charge in [0.1, 0.15) is 30.3 Å². The number of aryl methyl sites for hydroxylation is 2. The van der Waals surface area contributed by atoms with Crippen LogP contribution < -0.4 is 15.5 Å². The Balaban J connectivity index is 1.59. The van der Waals surface area contributed by atoms with Crippen molar-refractivity contribution in [2.45, 2.75) is 52.1 Å². The lowest BCUT2D eigenvalue weighted by atomic mass is 10.1. The largest absolute Gasteiger partial charge is 0.370 e. The van der Waals surface area contributed by atoms with Gasteiger partial charge in [0, 0.05) is 10.4 Å². The summed E-state index contributed by atoms with van der Waals surface area (Å²) in [4.78, 5) is 26.0. The number of nitrogens with zero attached hydrogens (tertiary/aromatic N) is 2. The molecule has 28 heavy (non-hydrogen) atoms. The van der Waals surface area contributed by atoms with Crippen molar-refractivity contribution in [1.82, 2.24) is 15.3 Å². The second-order valence-corrected chi connectivity index (χ2v) is 9.80. The van der Waals surface area contributed by atoms with Gasteiger partial charge in [-0.15, -0.1) is 11.3 Å². The van der Waals surface area contributed by atoms with Crippen molar-refractivity contribution in [3.63, 3.8) is 0 Å². The predicted octanol–water partition coefficient (Wildman–Crippen LogP) is 0.922. The van der Waals surface area contributed by atoms with Gasteiger partial charge in [-0.05, 0) is 45.6 Å². The summed E-state index contributed by atoms with van der Waals surface area (Å²) in [5.41, 5.74) is 1.14. The van der Waals surface area contributed by atoms with Gasteiger partial charge in [0.25, 0.3) is 0 Å². The lowest BCUT2D eigenvalue weighted by molar-refractivity contribution is -0.922. The molecule has 1 amide bonds. The standard InChI is InChI=1S/C20H29N5O2S/c1-20(2,3)24-16(26)11-21-18-17-13-5-4-6-14(13)28-19(17)23-15(22-18)12-25-7-9-27-10-8-25/h4-12H2,1-3H3,(H,24,26)(H,21,22,23)/p+1. The average molecular weight is 405 g/mol. The molecule has 0 radical (unpaired) electrons. The van der Waals surface area contributed by atoms with E-state index in [0.29, 0.717) is 0 Å². The Kier molecular flexibility index (Phi) is 5.53. The van der Waals surface area contributed by atoms with Crippen LogP contribution >= 0.6 is 11.3 Å². The molecular formula is C20H30N5O2S+. The molecule has 7 nitrogen and oxygen atoms in total. The summed E-state index contributed by atoms with van der Waals surface area (Å²) in [5, 5.41) is 7.44. The monoisotopic (exact) mass is 404 g/mol. The normalized spacial score (nSPS) is 17.7. The molecule has 2 aromatic rings. The fourth-order valence-corrected chi connectivity index (χ4v) is 5.21. The van der Waals surface area contributed by atoms with E-state index in [4.69, 9.17) is 14.7 Å². The molecule has 1 saturated heterocycles. The highest BCUT2D eigenvalue weighted by atomic mass is 32.1. The smallest absolute Gasteiger partial charge is 0.239 e. The Morgan fingerprint density at radius 3 is 2.75 bits per heavy atom. The number of fused-ring (bicyclic) bond motifs is 3. The van der Waals surface area contributed by atoms with Crippen molar-refractivity contribution in [3.05, 3.63) is 16.3 Å². The van der Waals surface area contributed by atoms with E-state index in [9.17, 15) is 4.79 Å². The number of carbonyl (C=O) groups is 1. The zero-order valence-corrected chi connectivity index (χ0v) is 17.8. The quantitative estimate of drug-likeness (QED) is 0.691. The first-order chi connectivity index (χ1) is 13.4. The van der Waals surface area contributed by atoms with Crippen LogP contribution in [0.3, 0.4) is 0 Å². The van der Waals surface area contributed by atoms with E-state index < -0.39 is 0 Å². The average Bonchev–Trinajstić information content (AvgIpc) is 3.20. The summed E-state index contributed by atoms with van der Waals surface area (Å²) in [6.07, 6.45) is 3.40. The number of morpholine rings is 1. The number of hydrogen-bond acceptors (Lipinski definition) is 6. The first kappa shape index (κ1) is 19.5. The predicted molar refractivity (Wildman–Crippen MR) is 111 cm³/mol. The maximum atomic E-state index is 12.3. The number of thiophene rings is 1. The summed E-state index contributed by atoms with van der Waals surface area (Å²) in [6, 6.07) is 0. The van der Waals surface area contributed by atoms with Crippen molar-refractivity contribution in [2.75, 3.05) is 38.2 Å². The van der Waals surface area contributed by atoms with Gasteiger partial charge in [0.05, 0.1) is 25.1 Å². The summed E-state index contributed by atoms with van der Waals surface area (Å²) in [6.45, 7) is 10.5. The van der Waals surface area contributed by atoms with Crippen molar-refractivity contribution in [3.8, 4) is 0 Å². The summed E-state index contributed by atoms with van der Waals surface area (Å²) >= 11 is 1.80. The molecular weight excluding hydrogens is 374 g/mol. The third-order valence-electron chi connectivity index (χ3n) is 5.15. The SMILES string of the molecule is CC(C)(C)NC(=O)CNc1nc(C[NH+]2CCOCC2)nc2sc3c(c12)CCC3. The van der Waals surface area contributed by atoms with E-state index in [1.54, 1.807) is 11.3 Å². The highest BCUT2D eigenvalue weighted by Gasteiger charge is 2.24. The van der Waals surface area contributed by atoms with E-state index in [2.05, 4.69) is 10.6 Å². The molecule has 3 heterocycles. The van der Waals surface area contributed by atoms with Gasteiger partial charge in [-0.3, -0.25) is 4.79 Å². The number of aromatic nitrogens is 2. The Morgan fingerprint density at radius 1 is 1.21 bits per heavy atom. The molecule has 2 aliphatic rings. The second kappa shape index (κ2) is 7.93. The third kappa shape index (κ3) is 4.45. The van der Waals surface area contributed by atoms with Crippen LogP contribution in [0.25, 0.3) is 10.2 Å². The Labute approximate surface area is 169 Å². The van der Waals surface area contributed by atoms with Gasteiger partial charge in [-0.1, -0.05) is 0 Å². The molecule has 0 bridgehead atoms. The summed E-state index contributed by atoms with van der Waals surface area (Å²) < 4.78 is 5.46. The lowest BCUT2D eigenvalue weighted by Crippen LogP contribution is -3.12. The van der Waals surface area contributed by atoms with Crippen LogP contribution in [0, 0.1) is 0 Å². The minimum absolute atomic E-state index is 0.0218. The van der Waals surface area contributed by atoms with Crippen LogP contribution in [0.2, 0.25) is 0 Å². The molecule has 1 fully saturated rings. The molecule has 1 aliphatic heterocycles. The fraction of sp³-hybridized carbons (Fsp3) is 0.650. The van der Waals surface area contributed by atoms with Gasteiger partial charge in [-0.25, -0.2) is 9.97 Å². The molecule has 0 saturated carbocycles. The van der Waals surface area contributed by atoms with Gasteiger partial charge in [-0.2, -0.15) is 0 Å². The number of quaternary nitrogens is 1. The van der Waals surface area contributed by atoms with Crippen LogP contribution in [0.4, 0.5) is 5.82 Å². The highest BCUT2D eigenvalue weighted by Crippen LogP contribution is 2.39. The molecule has 3 N–H and O–H groups in total. The number of nitrogens with one attached hydrogen (secondary N) is 3. The van der Waals surface area contributed by atoms with Gasteiger partial charge in [0.2, 0.25) is 5.91 Å². The Morgan fingerprint density at radius 2 is 2.00 bits per heavy atom. The summed E-state index contributed by atoms with van der Waals surface area (Å²) in [5.74, 6) is 1.64.